The molecule has 1 fully saturated rings. The van der Waals surface area contributed by atoms with Gasteiger partial charge in [0.2, 0.25) is 0 Å². The van der Waals surface area contributed by atoms with Crippen molar-refractivity contribution in [3.63, 3.8) is 0 Å². The molecule has 0 aromatic carbocycles. The Morgan fingerprint density at radius 1 is 1.33 bits per heavy atom. The Labute approximate surface area is 164 Å². The predicted molar refractivity (Wildman–Crippen MR) is 104 cm³/mol. The van der Waals surface area contributed by atoms with E-state index in [1.54, 1.807) is 0 Å². The van der Waals surface area contributed by atoms with Gasteiger partial charge in [0.15, 0.2) is 0 Å². The number of hydrogen-bond donors (Lipinski definition) is 1. The van der Waals surface area contributed by atoms with E-state index in [1.807, 2.05) is 0 Å². The Morgan fingerprint density at radius 2 is 2.15 bits per heavy atom. The first kappa shape index (κ1) is 19.1. The van der Waals surface area contributed by atoms with Crippen LogP contribution in [0.1, 0.15) is 52.9 Å². The molecule has 4 rings (SSSR count). The average molecular weight is 411 g/mol. The zero-order valence-corrected chi connectivity index (χ0v) is 17.2. The predicted octanol–water partition coefficient (Wildman–Crippen LogP) is 2.69. The maximum atomic E-state index is 12.8. The summed E-state index contributed by atoms with van der Waals surface area (Å²) in [5.74, 6) is 0.117. The third kappa shape index (κ3) is 4.13. The van der Waals surface area contributed by atoms with E-state index in [0.29, 0.717) is 18.9 Å². The van der Waals surface area contributed by atoms with Gasteiger partial charge in [-0.05, 0) is 50.0 Å². The van der Waals surface area contributed by atoms with E-state index in [0.717, 1.165) is 49.2 Å². The van der Waals surface area contributed by atoms with Gasteiger partial charge in [0, 0.05) is 30.6 Å². The van der Waals surface area contributed by atoms with Crippen molar-refractivity contribution in [2.24, 2.45) is 5.92 Å². The van der Waals surface area contributed by atoms with Gasteiger partial charge in [0.1, 0.15) is 4.21 Å². The monoisotopic (exact) mass is 410 g/mol. The Kier molecular flexibility index (Phi) is 5.42. The zero-order valence-electron chi connectivity index (χ0n) is 15.6. The molecule has 1 aromatic heterocycles. The number of fused-ring (bicyclic) bond motifs is 1. The molecule has 1 saturated carbocycles. The SMILES string of the molecule is COC(=O)c1c(S(=O)(=O)NC2CC2)sc2c1CCN(CC1CC=CCC1)C2. The van der Waals surface area contributed by atoms with E-state index in [-0.39, 0.29) is 15.8 Å². The molecule has 1 aromatic rings. The lowest BCUT2D eigenvalue weighted by Crippen LogP contribution is -2.34. The number of hydrogen-bond acceptors (Lipinski definition) is 6. The van der Waals surface area contributed by atoms with Gasteiger partial charge in [-0.15, -0.1) is 11.3 Å². The largest absolute Gasteiger partial charge is 0.465 e. The smallest absolute Gasteiger partial charge is 0.340 e. The standard InChI is InChI=1S/C19H26N2O4S2/c1-25-18(22)17-15-9-10-21(11-13-5-3-2-4-6-13)12-16(15)26-19(17)27(23,24)20-14-7-8-14/h2-3,13-14,20H,4-12H2,1H3. The molecule has 6 nitrogen and oxygen atoms in total. The van der Waals surface area contributed by atoms with E-state index in [9.17, 15) is 13.2 Å². The van der Waals surface area contributed by atoms with Gasteiger partial charge in [-0.1, -0.05) is 12.2 Å². The molecule has 148 valence electrons. The Balaban J connectivity index is 1.59. The van der Waals surface area contributed by atoms with Crippen LogP contribution in [0.2, 0.25) is 0 Å². The maximum absolute atomic E-state index is 12.8. The van der Waals surface area contributed by atoms with Gasteiger partial charge in [0.25, 0.3) is 10.0 Å². The number of allylic oxidation sites excluding steroid dienone is 2. The van der Waals surface area contributed by atoms with E-state index in [2.05, 4.69) is 21.8 Å². The summed E-state index contributed by atoms with van der Waals surface area (Å²) in [6.07, 6.45) is 10.4. The van der Waals surface area contributed by atoms with Crippen LogP contribution in [0.15, 0.2) is 16.4 Å². The van der Waals surface area contributed by atoms with E-state index < -0.39 is 16.0 Å². The summed E-state index contributed by atoms with van der Waals surface area (Å²) >= 11 is 1.24. The summed E-state index contributed by atoms with van der Waals surface area (Å²) < 4.78 is 33.4. The number of carbonyl (C=O) groups excluding carboxylic acids is 1. The highest BCUT2D eigenvalue weighted by molar-refractivity contribution is 7.91. The second-order valence-corrected chi connectivity index (χ2v) is 10.7. The molecule has 0 bridgehead atoms. The number of ether oxygens (including phenoxy) is 1. The lowest BCUT2D eigenvalue weighted by Gasteiger charge is -2.31. The summed E-state index contributed by atoms with van der Waals surface area (Å²) in [5, 5.41) is 0. The first-order valence-electron chi connectivity index (χ1n) is 9.60. The fourth-order valence-corrected chi connectivity index (χ4v) is 7.19. The van der Waals surface area contributed by atoms with Crippen molar-refractivity contribution in [3.8, 4) is 0 Å². The van der Waals surface area contributed by atoms with Crippen molar-refractivity contribution in [2.45, 2.75) is 55.3 Å². The van der Waals surface area contributed by atoms with Crippen LogP contribution in [-0.4, -0.2) is 45.5 Å². The normalized spacial score (nSPS) is 23.2. The molecule has 2 aliphatic carbocycles. The highest BCUT2D eigenvalue weighted by Gasteiger charge is 2.37. The molecule has 1 aliphatic heterocycles. The summed E-state index contributed by atoms with van der Waals surface area (Å²) in [6, 6.07) is 0.00970. The van der Waals surface area contributed by atoms with Crippen molar-refractivity contribution < 1.29 is 17.9 Å². The van der Waals surface area contributed by atoms with Gasteiger partial charge < -0.3 is 4.74 Å². The quantitative estimate of drug-likeness (QED) is 0.576. The molecule has 0 spiro atoms. The fraction of sp³-hybridized carbons (Fsp3) is 0.632. The maximum Gasteiger partial charge on any atom is 0.340 e. The second kappa shape index (κ2) is 7.66. The van der Waals surface area contributed by atoms with Gasteiger partial charge >= 0.3 is 5.97 Å². The van der Waals surface area contributed by atoms with Crippen LogP contribution in [0, 0.1) is 5.92 Å². The first-order chi connectivity index (χ1) is 13.0. The molecule has 0 amide bonds. The molecule has 1 atom stereocenters. The van der Waals surface area contributed by atoms with Gasteiger partial charge in [-0.25, -0.2) is 17.9 Å². The number of thiophene rings is 1. The van der Waals surface area contributed by atoms with Crippen LogP contribution in [-0.2, 0) is 27.7 Å². The minimum atomic E-state index is -3.68. The average Bonchev–Trinajstić information content (AvgIpc) is 3.37. The molecule has 1 N–H and O–H groups in total. The Bertz CT molecular complexity index is 855. The van der Waals surface area contributed by atoms with Crippen LogP contribution in [0.4, 0.5) is 0 Å². The molecule has 1 unspecified atom stereocenters. The third-order valence-electron chi connectivity index (χ3n) is 5.53. The molecule has 2 heterocycles. The van der Waals surface area contributed by atoms with Crippen molar-refractivity contribution in [1.82, 2.24) is 9.62 Å². The highest BCUT2D eigenvalue weighted by atomic mass is 32.2. The summed E-state index contributed by atoms with van der Waals surface area (Å²) in [5.41, 5.74) is 1.12. The van der Waals surface area contributed by atoms with Gasteiger partial charge in [-0.3, -0.25) is 4.90 Å². The van der Waals surface area contributed by atoms with Crippen molar-refractivity contribution in [3.05, 3.63) is 28.2 Å². The molecule has 3 aliphatic rings. The van der Waals surface area contributed by atoms with E-state index >= 15 is 0 Å². The number of sulfonamides is 1. The van der Waals surface area contributed by atoms with Crippen LogP contribution in [0.3, 0.4) is 0 Å². The van der Waals surface area contributed by atoms with Crippen molar-refractivity contribution >= 4 is 27.3 Å². The lowest BCUT2D eigenvalue weighted by atomic mass is 9.93. The molecule has 27 heavy (non-hydrogen) atoms. The minimum Gasteiger partial charge on any atom is -0.465 e. The Hall–Kier alpha value is -1.22. The molecular weight excluding hydrogens is 384 g/mol. The van der Waals surface area contributed by atoms with E-state index in [1.165, 1.54) is 24.9 Å². The van der Waals surface area contributed by atoms with E-state index in [4.69, 9.17) is 4.74 Å². The van der Waals surface area contributed by atoms with Crippen molar-refractivity contribution in [2.75, 3.05) is 20.2 Å². The van der Waals surface area contributed by atoms with Crippen LogP contribution in [0.25, 0.3) is 0 Å². The Morgan fingerprint density at radius 3 is 2.81 bits per heavy atom. The molecular formula is C19H26N2O4S2. The number of esters is 1. The summed E-state index contributed by atoms with van der Waals surface area (Å²) in [6.45, 7) is 2.59. The zero-order chi connectivity index (χ0) is 19.0. The summed E-state index contributed by atoms with van der Waals surface area (Å²) in [4.78, 5) is 15.8. The number of rotatable bonds is 6. The minimum absolute atomic E-state index is 0.00970. The number of nitrogens with one attached hydrogen (secondary N) is 1. The first-order valence-corrected chi connectivity index (χ1v) is 11.9. The second-order valence-electron chi connectivity index (χ2n) is 7.69. The topological polar surface area (TPSA) is 75.7 Å². The molecule has 8 heteroatoms. The summed E-state index contributed by atoms with van der Waals surface area (Å²) in [7, 11) is -2.37. The van der Waals surface area contributed by atoms with Gasteiger partial charge in [0.05, 0.1) is 12.7 Å². The van der Waals surface area contributed by atoms with Crippen molar-refractivity contribution in [1.29, 1.82) is 0 Å². The molecule has 0 saturated heterocycles. The van der Waals surface area contributed by atoms with Gasteiger partial charge in [-0.2, -0.15) is 0 Å². The van der Waals surface area contributed by atoms with Crippen LogP contribution in [0.5, 0.6) is 0 Å². The lowest BCUT2D eigenvalue weighted by molar-refractivity contribution is 0.0595. The molecule has 0 radical (unpaired) electrons. The fourth-order valence-electron chi connectivity index (χ4n) is 3.95. The number of methoxy groups -OCH3 is 1. The highest BCUT2D eigenvalue weighted by Crippen LogP contribution is 2.38. The third-order valence-corrected chi connectivity index (χ3v) is 8.79. The van der Waals surface area contributed by atoms with Crippen LogP contribution < -0.4 is 4.72 Å². The van der Waals surface area contributed by atoms with Crippen LogP contribution >= 0.6 is 11.3 Å². The number of carbonyl (C=O) groups is 1. The number of nitrogens with zero attached hydrogens (tertiary/aromatic N) is 1.